The predicted octanol–water partition coefficient (Wildman–Crippen LogP) is 3.06. The molecule has 1 aromatic carbocycles. The lowest BCUT2D eigenvalue weighted by Gasteiger charge is -2.07. The second-order valence-electron chi connectivity index (χ2n) is 3.92. The summed E-state index contributed by atoms with van der Waals surface area (Å²) in [6.07, 6.45) is 3.37. The number of hydrogen-bond donors (Lipinski definition) is 2. The molecule has 0 fully saturated rings. The third-order valence-electron chi connectivity index (χ3n) is 2.40. The molecule has 2 N–H and O–H groups in total. The fourth-order valence-corrected chi connectivity index (χ4v) is 1.54. The highest BCUT2D eigenvalue weighted by atomic mass is 35.5. The van der Waals surface area contributed by atoms with Crippen molar-refractivity contribution >= 4 is 23.2 Å². The first-order chi connectivity index (χ1) is 8.22. The summed E-state index contributed by atoms with van der Waals surface area (Å²) in [7, 11) is 0. The van der Waals surface area contributed by atoms with Gasteiger partial charge >= 0.3 is 0 Å². The molecule has 0 bridgehead atoms. The number of amides is 1. The van der Waals surface area contributed by atoms with Gasteiger partial charge in [0.05, 0.1) is 6.54 Å². The van der Waals surface area contributed by atoms with Gasteiger partial charge in [0, 0.05) is 17.3 Å². The average Bonchev–Trinajstić information content (AvgIpc) is 2.34. The van der Waals surface area contributed by atoms with Gasteiger partial charge in [-0.25, -0.2) is 0 Å². The highest BCUT2D eigenvalue weighted by Crippen LogP contribution is 2.12. The molecule has 3 nitrogen and oxygen atoms in total. The first-order valence-electron chi connectivity index (χ1n) is 5.98. The first-order valence-corrected chi connectivity index (χ1v) is 6.36. The van der Waals surface area contributed by atoms with Gasteiger partial charge in [0.15, 0.2) is 0 Å². The molecule has 0 aliphatic heterocycles. The van der Waals surface area contributed by atoms with Crippen LogP contribution in [0.5, 0.6) is 0 Å². The molecule has 0 aliphatic carbocycles. The highest BCUT2D eigenvalue weighted by molar-refractivity contribution is 6.30. The van der Waals surface area contributed by atoms with E-state index in [2.05, 4.69) is 17.6 Å². The van der Waals surface area contributed by atoms with Crippen molar-refractivity contribution in [3.05, 3.63) is 29.3 Å². The van der Waals surface area contributed by atoms with Crippen molar-refractivity contribution in [1.82, 2.24) is 5.32 Å². The maximum absolute atomic E-state index is 11.4. The minimum atomic E-state index is 0.0241. The summed E-state index contributed by atoms with van der Waals surface area (Å²) in [5.74, 6) is 0.0241. The van der Waals surface area contributed by atoms with Crippen LogP contribution in [0.2, 0.25) is 5.02 Å². The smallest absolute Gasteiger partial charge is 0.239 e. The summed E-state index contributed by atoms with van der Waals surface area (Å²) in [5, 5.41) is 6.61. The van der Waals surface area contributed by atoms with E-state index in [0.29, 0.717) is 11.6 Å². The van der Waals surface area contributed by atoms with Gasteiger partial charge in [-0.3, -0.25) is 4.79 Å². The standard InChI is InChI=1S/C13H19ClN2O/c1-2-3-4-9-15-13(17)10-16-12-7-5-11(14)6-8-12/h5-8,16H,2-4,9-10H2,1H3,(H,15,17). The molecule has 0 heterocycles. The maximum atomic E-state index is 11.4. The van der Waals surface area contributed by atoms with Gasteiger partial charge in [0.1, 0.15) is 0 Å². The molecule has 0 aromatic heterocycles. The summed E-state index contributed by atoms with van der Waals surface area (Å²) < 4.78 is 0. The minimum Gasteiger partial charge on any atom is -0.376 e. The third kappa shape index (κ3) is 6.17. The number of halogens is 1. The second kappa shape index (κ2) is 7.96. The Bertz CT molecular complexity index is 338. The summed E-state index contributed by atoms with van der Waals surface area (Å²) >= 11 is 5.77. The Kier molecular flexibility index (Phi) is 6.48. The zero-order valence-corrected chi connectivity index (χ0v) is 10.9. The number of benzene rings is 1. The van der Waals surface area contributed by atoms with Crippen molar-refractivity contribution in [2.45, 2.75) is 26.2 Å². The van der Waals surface area contributed by atoms with Gasteiger partial charge in [-0.1, -0.05) is 31.4 Å². The van der Waals surface area contributed by atoms with E-state index in [1.807, 2.05) is 12.1 Å². The van der Waals surface area contributed by atoms with Crippen molar-refractivity contribution in [3.63, 3.8) is 0 Å². The lowest BCUT2D eigenvalue weighted by Crippen LogP contribution is -2.30. The summed E-state index contributed by atoms with van der Waals surface area (Å²) in [5.41, 5.74) is 0.901. The van der Waals surface area contributed by atoms with Crippen LogP contribution in [0.1, 0.15) is 26.2 Å². The number of carbonyl (C=O) groups is 1. The number of hydrogen-bond acceptors (Lipinski definition) is 2. The molecule has 94 valence electrons. The Labute approximate surface area is 108 Å². The number of nitrogens with one attached hydrogen (secondary N) is 2. The fraction of sp³-hybridized carbons (Fsp3) is 0.462. The van der Waals surface area contributed by atoms with Gasteiger partial charge in [-0.2, -0.15) is 0 Å². The number of unbranched alkanes of at least 4 members (excludes halogenated alkanes) is 2. The van der Waals surface area contributed by atoms with E-state index in [9.17, 15) is 4.79 Å². The normalized spacial score (nSPS) is 10.0. The molecule has 0 spiro atoms. The zero-order valence-electron chi connectivity index (χ0n) is 10.1. The van der Waals surface area contributed by atoms with Crippen molar-refractivity contribution in [1.29, 1.82) is 0 Å². The monoisotopic (exact) mass is 254 g/mol. The molecule has 4 heteroatoms. The SMILES string of the molecule is CCCCCNC(=O)CNc1ccc(Cl)cc1. The molecular weight excluding hydrogens is 236 g/mol. The van der Waals surface area contributed by atoms with Crippen LogP contribution in [0.4, 0.5) is 5.69 Å². The Balaban J connectivity index is 2.17. The van der Waals surface area contributed by atoms with Crippen LogP contribution in [-0.4, -0.2) is 19.0 Å². The molecule has 0 saturated heterocycles. The van der Waals surface area contributed by atoms with Crippen LogP contribution >= 0.6 is 11.6 Å². The molecule has 0 radical (unpaired) electrons. The van der Waals surface area contributed by atoms with Gasteiger partial charge < -0.3 is 10.6 Å². The van der Waals surface area contributed by atoms with E-state index in [-0.39, 0.29) is 5.91 Å². The van der Waals surface area contributed by atoms with E-state index in [1.165, 1.54) is 6.42 Å². The molecule has 1 amide bonds. The number of rotatable bonds is 7. The first kappa shape index (κ1) is 13.8. The predicted molar refractivity (Wildman–Crippen MR) is 72.5 cm³/mol. The van der Waals surface area contributed by atoms with E-state index in [1.54, 1.807) is 12.1 Å². The van der Waals surface area contributed by atoms with Crippen LogP contribution < -0.4 is 10.6 Å². The maximum Gasteiger partial charge on any atom is 0.239 e. The largest absolute Gasteiger partial charge is 0.376 e. The third-order valence-corrected chi connectivity index (χ3v) is 2.65. The van der Waals surface area contributed by atoms with Gasteiger partial charge in [-0.15, -0.1) is 0 Å². The molecule has 0 unspecified atom stereocenters. The van der Waals surface area contributed by atoms with E-state index >= 15 is 0 Å². The van der Waals surface area contributed by atoms with E-state index < -0.39 is 0 Å². The molecule has 1 aromatic rings. The van der Waals surface area contributed by atoms with Crippen molar-refractivity contribution in [3.8, 4) is 0 Å². The molecule has 0 aliphatic rings. The Morgan fingerprint density at radius 2 is 1.94 bits per heavy atom. The topological polar surface area (TPSA) is 41.1 Å². The van der Waals surface area contributed by atoms with E-state index in [4.69, 9.17) is 11.6 Å². The van der Waals surface area contributed by atoms with Crippen molar-refractivity contribution in [2.75, 3.05) is 18.4 Å². The summed E-state index contributed by atoms with van der Waals surface area (Å²) in [6, 6.07) is 7.30. The van der Waals surface area contributed by atoms with Gasteiger partial charge in [0.25, 0.3) is 0 Å². The molecular formula is C13H19ClN2O. The van der Waals surface area contributed by atoms with Crippen LogP contribution in [-0.2, 0) is 4.79 Å². The van der Waals surface area contributed by atoms with Gasteiger partial charge in [-0.05, 0) is 30.7 Å². The highest BCUT2D eigenvalue weighted by Gasteiger charge is 1.99. The molecule has 0 atom stereocenters. The van der Waals surface area contributed by atoms with Crippen LogP contribution in [0, 0.1) is 0 Å². The Morgan fingerprint density at radius 3 is 2.59 bits per heavy atom. The lowest BCUT2D eigenvalue weighted by atomic mass is 10.2. The average molecular weight is 255 g/mol. The number of carbonyl (C=O) groups excluding carboxylic acids is 1. The summed E-state index contributed by atoms with van der Waals surface area (Å²) in [4.78, 5) is 11.4. The molecule has 1 rings (SSSR count). The molecule has 0 saturated carbocycles. The van der Waals surface area contributed by atoms with Gasteiger partial charge in [0.2, 0.25) is 5.91 Å². The zero-order chi connectivity index (χ0) is 12.5. The Morgan fingerprint density at radius 1 is 1.24 bits per heavy atom. The fourth-order valence-electron chi connectivity index (χ4n) is 1.42. The summed E-state index contributed by atoms with van der Waals surface area (Å²) in [6.45, 7) is 3.20. The lowest BCUT2D eigenvalue weighted by molar-refractivity contribution is -0.119. The Hall–Kier alpha value is -1.22. The van der Waals surface area contributed by atoms with Crippen LogP contribution in [0.25, 0.3) is 0 Å². The van der Waals surface area contributed by atoms with E-state index in [0.717, 1.165) is 25.1 Å². The second-order valence-corrected chi connectivity index (χ2v) is 4.35. The van der Waals surface area contributed by atoms with Crippen molar-refractivity contribution in [2.24, 2.45) is 0 Å². The van der Waals surface area contributed by atoms with Crippen molar-refractivity contribution < 1.29 is 4.79 Å². The molecule has 17 heavy (non-hydrogen) atoms. The quantitative estimate of drug-likeness (QED) is 0.735. The van der Waals surface area contributed by atoms with Crippen LogP contribution in [0.15, 0.2) is 24.3 Å². The van der Waals surface area contributed by atoms with Crippen LogP contribution in [0.3, 0.4) is 0 Å². The number of anilines is 1. The minimum absolute atomic E-state index is 0.0241.